The number of hydrogen-bond acceptors (Lipinski definition) is 5. The number of nitrogens with zero attached hydrogens (tertiary/aromatic N) is 2. The molecule has 0 aromatic carbocycles. The van der Waals surface area contributed by atoms with Crippen molar-refractivity contribution in [1.82, 2.24) is 15.3 Å². The average molecular weight is 333 g/mol. The summed E-state index contributed by atoms with van der Waals surface area (Å²) in [5.41, 5.74) is 1.42. The van der Waals surface area contributed by atoms with Crippen LogP contribution in [0.5, 0.6) is 0 Å². The third-order valence-corrected chi connectivity index (χ3v) is 5.84. The van der Waals surface area contributed by atoms with Gasteiger partial charge >= 0.3 is 0 Å². The van der Waals surface area contributed by atoms with E-state index in [9.17, 15) is 4.79 Å². The van der Waals surface area contributed by atoms with Crippen LogP contribution in [0.2, 0.25) is 0 Å². The quantitative estimate of drug-likeness (QED) is 0.518. The van der Waals surface area contributed by atoms with Crippen molar-refractivity contribution in [2.75, 3.05) is 12.3 Å². The lowest BCUT2D eigenvalue weighted by atomic mass is 9.97. The van der Waals surface area contributed by atoms with Crippen molar-refractivity contribution >= 4 is 39.2 Å². The Balaban J connectivity index is 1.89. The van der Waals surface area contributed by atoms with Gasteiger partial charge in [-0.2, -0.15) is 0 Å². The topological polar surface area (TPSA) is 54.9 Å². The number of carbonyl (C=O) groups excluding carboxylic acids is 1. The Hall–Kier alpha value is -1.40. The molecular weight excluding hydrogens is 314 g/mol. The summed E-state index contributed by atoms with van der Waals surface area (Å²) in [5, 5.41) is 4.94. The zero-order valence-corrected chi connectivity index (χ0v) is 14.3. The summed E-state index contributed by atoms with van der Waals surface area (Å²) in [4.78, 5) is 23.5. The Bertz CT molecular complexity index is 724. The molecule has 0 bridgehead atoms. The van der Waals surface area contributed by atoms with Crippen molar-refractivity contribution in [3.8, 4) is 0 Å². The molecule has 2 heterocycles. The number of thiophene rings is 1. The van der Waals surface area contributed by atoms with Gasteiger partial charge in [0, 0.05) is 16.8 Å². The van der Waals surface area contributed by atoms with Crippen LogP contribution in [0.1, 0.15) is 29.1 Å². The van der Waals surface area contributed by atoms with Gasteiger partial charge in [0.05, 0.1) is 5.75 Å². The first-order valence-corrected chi connectivity index (χ1v) is 9.28. The fourth-order valence-electron chi connectivity index (χ4n) is 2.70. The van der Waals surface area contributed by atoms with E-state index in [1.54, 1.807) is 17.4 Å². The first-order valence-electron chi connectivity index (χ1n) is 7.48. The summed E-state index contributed by atoms with van der Waals surface area (Å²) in [5.74, 6) is 1.17. The predicted molar refractivity (Wildman–Crippen MR) is 92.7 cm³/mol. The highest BCUT2D eigenvalue weighted by Crippen LogP contribution is 2.39. The number of hydrogen-bond donors (Lipinski definition) is 1. The number of carbonyl (C=O) groups is 1. The minimum atomic E-state index is 0.0124. The summed E-state index contributed by atoms with van der Waals surface area (Å²) >= 11 is 3.31. The SMILES string of the molecule is C=CCNC(=O)CSc1nc(C)nc2sc3c(c12)CCCC3. The van der Waals surface area contributed by atoms with Crippen LogP contribution in [0.25, 0.3) is 10.2 Å². The molecule has 0 saturated carbocycles. The van der Waals surface area contributed by atoms with Crippen molar-refractivity contribution in [3.63, 3.8) is 0 Å². The van der Waals surface area contributed by atoms with Crippen molar-refractivity contribution in [3.05, 3.63) is 28.9 Å². The van der Waals surface area contributed by atoms with Crippen molar-refractivity contribution < 1.29 is 4.79 Å². The molecule has 2 aromatic rings. The summed E-state index contributed by atoms with van der Waals surface area (Å²) in [6, 6.07) is 0. The monoisotopic (exact) mass is 333 g/mol. The molecule has 1 aliphatic carbocycles. The highest BCUT2D eigenvalue weighted by molar-refractivity contribution is 8.00. The number of aromatic nitrogens is 2. The lowest BCUT2D eigenvalue weighted by Gasteiger charge is -2.11. The molecule has 4 nitrogen and oxygen atoms in total. The van der Waals surface area contributed by atoms with Crippen LogP contribution in [-0.2, 0) is 17.6 Å². The van der Waals surface area contributed by atoms with Crippen LogP contribution < -0.4 is 5.32 Å². The largest absolute Gasteiger partial charge is 0.352 e. The first-order chi connectivity index (χ1) is 10.7. The molecule has 116 valence electrons. The number of fused-ring (bicyclic) bond motifs is 3. The minimum Gasteiger partial charge on any atom is -0.352 e. The highest BCUT2D eigenvalue weighted by Gasteiger charge is 2.21. The number of nitrogens with one attached hydrogen (secondary N) is 1. The van der Waals surface area contributed by atoms with Gasteiger partial charge in [-0.05, 0) is 38.2 Å². The van der Waals surface area contributed by atoms with Gasteiger partial charge in [0.25, 0.3) is 0 Å². The van der Waals surface area contributed by atoms with E-state index in [1.807, 2.05) is 6.92 Å². The molecule has 0 spiro atoms. The zero-order chi connectivity index (χ0) is 15.5. The molecule has 0 saturated heterocycles. The number of rotatable bonds is 5. The van der Waals surface area contributed by atoms with Crippen LogP contribution in [-0.4, -0.2) is 28.2 Å². The maximum atomic E-state index is 11.8. The second kappa shape index (κ2) is 6.79. The second-order valence-electron chi connectivity index (χ2n) is 5.35. The lowest BCUT2D eigenvalue weighted by Crippen LogP contribution is -2.25. The molecule has 3 rings (SSSR count). The molecule has 0 atom stereocenters. The van der Waals surface area contributed by atoms with E-state index >= 15 is 0 Å². The molecule has 6 heteroatoms. The Morgan fingerprint density at radius 1 is 1.41 bits per heavy atom. The Morgan fingerprint density at radius 2 is 2.23 bits per heavy atom. The van der Waals surface area contributed by atoms with Gasteiger partial charge in [0.1, 0.15) is 15.7 Å². The maximum Gasteiger partial charge on any atom is 0.230 e. The van der Waals surface area contributed by atoms with E-state index in [1.165, 1.54) is 40.4 Å². The van der Waals surface area contributed by atoms with Gasteiger partial charge in [0.15, 0.2) is 0 Å². The van der Waals surface area contributed by atoms with Gasteiger partial charge in [-0.1, -0.05) is 17.8 Å². The van der Waals surface area contributed by atoms with E-state index in [2.05, 4.69) is 21.9 Å². The van der Waals surface area contributed by atoms with E-state index in [-0.39, 0.29) is 5.91 Å². The standard InChI is InChI=1S/C16H19N3OS2/c1-3-8-17-13(20)9-21-15-14-11-6-4-5-7-12(11)22-16(14)19-10(2)18-15/h3H,1,4-9H2,2H3,(H,17,20). The molecular formula is C16H19N3OS2. The summed E-state index contributed by atoms with van der Waals surface area (Å²) in [7, 11) is 0. The molecule has 0 radical (unpaired) electrons. The molecule has 1 aliphatic rings. The number of thioether (sulfide) groups is 1. The smallest absolute Gasteiger partial charge is 0.230 e. The van der Waals surface area contributed by atoms with Gasteiger partial charge in [-0.3, -0.25) is 4.79 Å². The number of amides is 1. The van der Waals surface area contributed by atoms with Crippen LogP contribution in [0, 0.1) is 6.92 Å². The lowest BCUT2D eigenvalue weighted by molar-refractivity contribution is -0.118. The maximum absolute atomic E-state index is 11.8. The molecule has 0 unspecified atom stereocenters. The van der Waals surface area contributed by atoms with E-state index < -0.39 is 0 Å². The van der Waals surface area contributed by atoms with Gasteiger partial charge < -0.3 is 5.32 Å². The highest BCUT2D eigenvalue weighted by atomic mass is 32.2. The van der Waals surface area contributed by atoms with Crippen LogP contribution in [0.3, 0.4) is 0 Å². The third-order valence-electron chi connectivity index (χ3n) is 3.68. The third kappa shape index (κ3) is 3.17. The molecule has 1 N–H and O–H groups in total. The van der Waals surface area contributed by atoms with Crippen molar-refractivity contribution in [2.45, 2.75) is 37.6 Å². The Morgan fingerprint density at radius 3 is 3.05 bits per heavy atom. The zero-order valence-electron chi connectivity index (χ0n) is 12.6. The summed E-state index contributed by atoms with van der Waals surface area (Å²) in [6.07, 6.45) is 6.44. The van der Waals surface area contributed by atoms with Crippen molar-refractivity contribution in [2.24, 2.45) is 0 Å². The molecule has 2 aromatic heterocycles. The van der Waals surface area contributed by atoms with E-state index in [4.69, 9.17) is 0 Å². The normalized spacial score (nSPS) is 13.9. The number of aryl methyl sites for hydroxylation is 3. The Kier molecular flexibility index (Phi) is 4.78. The first kappa shape index (κ1) is 15.5. The Labute approximate surface area is 138 Å². The van der Waals surface area contributed by atoms with Crippen LogP contribution in [0.4, 0.5) is 0 Å². The van der Waals surface area contributed by atoms with Gasteiger partial charge in [0.2, 0.25) is 5.91 Å². The molecule has 0 aliphatic heterocycles. The second-order valence-corrected chi connectivity index (χ2v) is 7.40. The molecule has 22 heavy (non-hydrogen) atoms. The van der Waals surface area contributed by atoms with Crippen LogP contribution >= 0.6 is 23.1 Å². The summed E-state index contributed by atoms with van der Waals surface area (Å²) in [6.45, 7) is 6.03. The molecule has 0 fully saturated rings. The van der Waals surface area contributed by atoms with Crippen LogP contribution in [0.15, 0.2) is 17.7 Å². The van der Waals surface area contributed by atoms with Crippen molar-refractivity contribution in [1.29, 1.82) is 0 Å². The van der Waals surface area contributed by atoms with E-state index in [0.29, 0.717) is 12.3 Å². The van der Waals surface area contributed by atoms with Gasteiger partial charge in [-0.25, -0.2) is 9.97 Å². The fraction of sp³-hybridized carbons (Fsp3) is 0.438. The summed E-state index contributed by atoms with van der Waals surface area (Å²) < 4.78 is 0. The predicted octanol–water partition coefficient (Wildman–Crippen LogP) is 3.27. The van der Waals surface area contributed by atoms with E-state index in [0.717, 1.165) is 28.5 Å². The average Bonchev–Trinajstić information content (AvgIpc) is 2.88. The molecule has 1 amide bonds. The minimum absolute atomic E-state index is 0.0124. The van der Waals surface area contributed by atoms with Gasteiger partial charge in [-0.15, -0.1) is 17.9 Å². The fourth-order valence-corrected chi connectivity index (χ4v) is 5.00.